The summed E-state index contributed by atoms with van der Waals surface area (Å²) >= 11 is 0. The van der Waals surface area contributed by atoms with E-state index < -0.39 is 11.7 Å². The van der Waals surface area contributed by atoms with Gasteiger partial charge in [-0.2, -0.15) is 13.2 Å². The fourth-order valence-electron chi connectivity index (χ4n) is 2.35. The Balaban J connectivity index is 1.95. The summed E-state index contributed by atoms with van der Waals surface area (Å²) in [6.45, 7) is 2.89. The fourth-order valence-corrected chi connectivity index (χ4v) is 2.35. The molecule has 1 fully saturated rings. The van der Waals surface area contributed by atoms with Gasteiger partial charge in [0, 0.05) is 13.1 Å². The van der Waals surface area contributed by atoms with Crippen molar-refractivity contribution in [3.63, 3.8) is 0 Å². The molecule has 1 unspecified atom stereocenters. The molecule has 0 bridgehead atoms. The predicted octanol–water partition coefficient (Wildman–Crippen LogP) is 3.59. The molecule has 1 amide bonds. The molecule has 22 heavy (non-hydrogen) atoms. The van der Waals surface area contributed by atoms with E-state index in [9.17, 15) is 18.0 Å². The summed E-state index contributed by atoms with van der Waals surface area (Å²) in [6, 6.07) is 5.03. The number of hydrogen-bond donors (Lipinski definition) is 0. The zero-order valence-corrected chi connectivity index (χ0v) is 12.2. The fraction of sp³-hybridized carbons (Fsp3) is 0.353. The maximum atomic E-state index is 12.5. The van der Waals surface area contributed by atoms with Crippen LogP contribution in [0.2, 0.25) is 0 Å². The Morgan fingerprint density at radius 1 is 1.32 bits per heavy atom. The van der Waals surface area contributed by atoms with Gasteiger partial charge in [0.25, 0.3) is 5.91 Å². The average Bonchev–Trinajstić information content (AvgIpc) is 2.94. The minimum atomic E-state index is -4.31. The number of likely N-dealkylation sites (tertiary alicyclic amines) is 1. The van der Waals surface area contributed by atoms with Crippen LogP contribution in [0.5, 0.6) is 0 Å². The Kier molecular flexibility index (Phi) is 4.92. The lowest BCUT2D eigenvalue weighted by atomic mass is 10.1. The number of carbonyl (C=O) groups excluding carboxylic acids is 1. The van der Waals surface area contributed by atoms with Crippen molar-refractivity contribution in [2.75, 3.05) is 13.1 Å². The lowest BCUT2D eigenvalue weighted by Crippen LogP contribution is -2.26. The molecular formula is C17H16F3NO. The van der Waals surface area contributed by atoms with Gasteiger partial charge < -0.3 is 4.90 Å². The first-order chi connectivity index (χ1) is 10.4. The summed E-state index contributed by atoms with van der Waals surface area (Å²) in [6.07, 6.45) is 0.267. The van der Waals surface area contributed by atoms with Gasteiger partial charge in [-0.15, -0.1) is 0 Å². The summed E-state index contributed by atoms with van der Waals surface area (Å²) < 4.78 is 37.4. The van der Waals surface area contributed by atoms with E-state index in [4.69, 9.17) is 0 Å². The lowest BCUT2D eigenvalue weighted by molar-refractivity contribution is -0.137. The second-order valence-electron chi connectivity index (χ2n) is 5.15. The molecule has 0 radical (unpaired) electrons. The van der Waals surface area contributed by atoms with Crippen molar-refractivity contribution < 1.29 is 18.0 Å². The number of carbonyl (C=O) groups is 1. The molecule has 1 saturated heterocycles. The van der Waals surface area contributed by atoms with Gasteiger partial charge in [-0.3, -0.25) is 4.79 Å². The highest BCUT2D eigenvalue weighted by Crippen LogP contribution is 2.29. The molecule has 0 N–H and O–H groups in total. The van der Waals surface area contributed by atoms with Crippen molar-refractivity contribution in [2.45, 2.75) is 19.5 Å². The molecule has 0 saturated carbocycles. The molecule has 1 aliphatic rings. The van der Waals surface area contributed by atoms with E-state index in [0.717, 1.165) is 18.6 Å². The molecule has 1 aromatic carbocycles. The number of hydrogen-bond acceptors (Lipinski definition) is 1. The van der Waals surface area contributed by atoms with Crippen LogP contribution in [0.3, 0.4) is 0 Å². The highest BCUT2D eigenvalue weighted by molar-refractivity contribution is 5.93. The zero-order chi connectivity index (χ0) is 16.2. The number of alkyl halides is 3. The van der Waals surface area contributed by atoms with Crippen molar-refractivity contribution in [1.82, 2.24) is 4.90 Å². The van der Waals surface area contributed by atoms with Gasteiger partial charge in [-0.05, 0) is 42.9 Å². The molecule has 2 rings (SSSR count). The molecule has 1 heterocycles. The summed E-state index contributed by atoms with van der Waals surface area (Å²) in [5.41, 5.74) is 0.0616. The van der Waals surface area contributed by atoms with Crippen molar-refractivity contribution in [1.29, 1.82) is 0 Å². The highest BCUT2D eigenvalue weighted by atomic mass is 19.4. The highest BCUT2D eigenvalue weighted by Gasteiger charge is 2.29. The Hall–Kier alpha value is -2.22. The van der Waals surface area contributed by atoms with Gasteiger partial charge >= 0.3 is 6.18 Å². The summed E-state index contributed by atoms with van der Waals surface area (Å²) in [7, 11) is 0. The van der Waals surface area contributed by atoms with Crippen molar-refractivity contribution in [3.05, 3.63) is 41.5 Å². The number of nitrogens with zero attached hydrogens (tertiary/aromatic N) is 1. The molecular weight excluding hydrogens is 291 g/mol. The van der Waals surface area contributed by atoms with Crippen molar-refractivity contribution in [3.8, 4) is 11.8 Å². The van der Waals surface area contributed by atoms with Gasteiger partial charge in [0.05, 0.1) is 5.56 Å². The molecule has 1 aromatic rings. The summed E-state index contributed by atoms with van der Waals surface area (Å²) in [4.78, 5) is 13.3. The van der Waals surface area contributed by atoms with E-state index in [1.807, 2.05) is 6.08 Å². The Labute approximate surface area is 127 Å². The largest absolute Gasteiger partial charge is 0.416 e. The molecule has 0 spiro atoms. The maximum absolute atomic E-state index is 12.5. The van der Waals surface area contributed by atoms with E-state index >= 15 is 0 Å². The first-order valence-corrected chi connectivity index (χ1v) is 6.97. The minimum Gasteiger partial charge on any atom is -0.331 e. The van der Waals surface area contributed by atoms with Gasteiger partial charge in [0.15, 0.2) is 0 Å². The van der Waals surface area contributed by atoms with Crippen molar-refractivity contribution in [2.24, 2.45) is 5.92 Å². The van der Waals surface area contributed by atoms with Gasteiger partial charge in [-0.25, -0.2) is 0 Å². The number of amides is 1. The van der Waals surface area contributed by atoms with Crippen LogP contribution in [-0.4, -0.2) is 23.9 Å². The summed E-state index contributed by atoms with van der Waals surface area (Å²) in [5, 5.41) is 0. The van der Waals surface area contributed by atoms with Crippen LogP contribution in [0, 0.1) is 17.8 Å². The van der Waals surface area contributed by atoms with E-state index in [-0.39, 0.29) is 11.8 Å². The van der Waals surface area contributed by atoms with Crippen LogP contribution in [0.25, 0.3) is 6.08 Å². The first kappa shape index (κ1) is 16.2. The Bertz CT molecular complexity index is 620. The average molecular weight is 307 g/mol. The van der Waals surface area contributed by atoms with E-state index in [1.54, 1.807) is 17.9 Å². The van der Waals surface area contributed by atoms with Crippen LogP contribution in [0.4, 0.5) is 13.2 Å². The van der Waals surface area contributed by atoms with Crippen molar-refractivity contribution >= 4 is 12.0 Å². The number of rotatable bonds is 2. The second kappa shape index (κ2) is 6.69. The monoisotopic (exact) mass is 307 g/mol. The first-order valence-electron chi connectivity index (χ1n) is 6.97. The summed E-state index contributed by atoms with van der Waals surface area (Å²) in [5.74, 6) is 5.13. The number of halogens is 3. The standard InChI is InChI=1S/C17H16F3NO/c1-2-3-16(22)21-11-10-14(12-21)5-4-13-6-8-15(9-7-13)17(18,19)20/h4-9,14H,10-12H2,1H3. The third-order valence-corrected chi connectivity index (χ3v) is 3.54. The van der Waals surface area contributed by atoms with Crippen LogP contribution in [-0.2, 0) is 11.0 Å². The smallest absolute Gasteiger partial charge is 0.331 e. The Morgan fingerprint density at radius 2 is 2.00 bits per heavy atom. The molecule has 2 nitrogen and oxygen atoms in total. The molecule has 1 aliphatic heterocycles. The van der Waals surface area contributed by atoms with Crippen LogP contribution in [0.1, 0.15) is 24.5 Å². The zero-order valence-electron chi connectivity index (χ0n) is 12.2. The van der Waals surface area contributed by atoms with E-state index in [1.165, 1.54) is 12.1 Å². The molecule has 1 atom stereocenters. The quantitative estimate of drug-likeness (QED) is 0.765. The SMILES string of the molecule is CC#CC(=O)N1CCC(C=Cc2ccc(C(F)(F)F)cc2)C1. The van der Waals surface area contributed by atoms with Crippen LogP contribution < -0.4 is 0 Å². The van der Waals surface area contributed by atoms with E-state index in [2.05, 4.69) is 11.8 Å². The minimum absolute atomic E-state index is 0.173. The van der Waals surface area contributed by atoms with E-state index in [0.29, 0.717) is 18.7 Å². The number of benzene rings is 1. The molecule has 0 aromatic heterocycles. The van der Waals surface area contributed by atoms with Gasteiger partial charge in [-0.1, -0.05) is 30.2 Å². The lowest BCUT2D eigenvalue weighted by Gasteiger charge is -2.11. The van der Waals surface area contributed by atoms with Crippen LogP contribution in [0.15, 0.2) is 30.3 Å². The second-order valence-corrected chi connectivity index (χ2v) is 5.15. The molecule has 116 valence electrons. The Morgan fingerprint density at radius 3 is 2.59 bits per heavy atom. The van der Waals surface area contributed by atoms with Crippen LogP contribution >= 0.6 is 0 Å². The molecule has 5 heteroatoms. The third kappa shape index (κ3) is 4.14. The third-order valence-electron chi connectivity index (χ3n) is 3.54. The normalized spacial score (nSPS) is 18.4. The van der Waals surface area contributed by atoms with Gasteiger partial charge in [0.2, 0.25) is 0 Å². The molecule has 0 aliphatic carbocycles. The predicted molar refractivity (Wildman–Crippen MR) is 78.6 cm³/mol. The topological polar surface area (TPSA) is 20.3 Å². The maximum Gasteiger partial charge on any atom is 0.416 e. The van der Waals surface area contributed by atoms with Gasteiger partial charge in [0.1, 0.15) is 0 Å².